The number of amides is 1. The highest BCUT2D eigenvalue weighted by Crippen LogP contribution is 2.11. The predicted octanol–water partition coefficient (Wildman–Crippen LogP) is 1.50. The number of carbonyl (C=O) groups excluding carboxylic acids is 1. The van der Waals surface area contributed by atoms with Crippen molar-refractivity contribution in [1.82, 2.24) is 19.4 Å². The van der Waals surface area contributed by atoms with Crippen molar-refractivity contribution in [1.29, 1.82) is 0 Å². The van der Waals surface area contributed by atoms with Crippen molar-refractivity contribution in [2.24, 2.45) is 0 Å². The summed E-state index contributed by atoms with van der Waals surface area (Å²) in [5, 5.41) is 8.93. The van der Waals surface area contributed by atoms with Crippen LogP contribution in [-0.2, 0) is 0 Å². The first-order valence-electron chi connectivity index (χ1n) is 6.99. The molecule has 0 fully saturated rings. The van der Waals surface area contributed by atoms with Gasteiger partial charge in [0.1, 0.15) is 12.1 Å². The Labute approximate surface area is 124 Å². The minimum atomic E-state index is -0.0665. The Kier molecular flexibility index (Phi) is 5.05. The maximum absolute atomic E-state index is 12.5. The van der Waals surface area contributed by atoms with Crippen molar-refractivity contribution >= 4 is 5.91 Å². The molecule has 2 heterocycles. The minimum absolute atomic E-state index is 0.0665. The molecule has 0 atom stereocenters. The van der Waals surface area contributed by atoms with E-state index in [2.05, 4.69) is 9.97 Å². The predicted molar refractivity (Wildman–Crippen MR) is 79.2 cm³/mol. The fourth-order valence-electron chi connectivity index (χ4n) is 2.06. The van der Waals surface area contributed by atoms with E-state index in [4.69, 9.17) is 5.11 Å². The Hall–Kier alpha value is -2.21. The van der Waals surface area contributed by atoms with Gasteiger partial charge in [0.05, 0.1) is 5.56 Å². The second-order valence-corrected chi connectivity index (χ2v) is 5.04. The molecule has 0 saturated heterocycles. The highest BCUT2D eigenvalue weighted by atomic mass is 16.3. The van der Waals surface area contributed by atoms with Crippen LogP contribution in [0.4, 0.5) is 0 Å². The highest BCUT2D eigenvalue weighted by molar-refractivity contribution is 5.94. The lowest BCUT2D eigenvalue weighted by atomic mass is 10.2. The molecule has 0 spiro atoms. The van der Waals surface area contributed by atoms with E-state index in [0.29, 0.717) is 18.5 Å². The zero-order valence-corrected chi connectivity index (χ0v) is 12.3. The van der Waals surface area contributed by atoms with E-state index in [1.807, 2.05) is 13.8 Å². The molecule has 0 aliphatic heterocycles. The number of rotatable bonds is 6. The largest absolute Gasteiger partial charge is 0.396 e. The number of aliphatic hydroxyl groups excluding tert-OH is 1. The maximum Gasteiger partial charge on any atom is 0.255 e. The van der Waals surface area contributed by atoms with Crippen LogP contribution in [0.3, 0.4) is 0 Å². The van der Waals surface area contributed by atoms with Gasteiger partial charge in [-0.2, -0.15) is 0 Å². The third kappa shape index (κ3) is 3.66. The highest BCUT2D eigenvalue weighted by Gasteiger charge is 2.18. The molecule has 6 nitrogen and oxygen atoms in total. The molecule has 0 bridgehead atoms. The number of aliphatic hydroxyl groups is 1. The number of aromatic nitrogens is 3. The number of hydrogen-bond donors (Lipinski definition) is 1. The van der Waals surface area contributed by atoms with E-state index in [1.165, 1.54) is 0 Å². The van der Waals surface area contributed by atoms with Gasteiger partial charge in [-0.15, -0.1) is 0 Å². The van der Waals surface area contributed by atoms with Gasteiger partial charge in [-0.25, -0.2) is 9.97 Å². The summed E-state index contributed by atoms with van der Waals surface area (Å²) in [5.41, 5.74) is 0.547. The molecular formula is C15H20N4O2. The second kappa shape index (κ2) is 6.99. The van der Waals surface area contributed by atoms with Crippen LogP contribution < -0.4 is 0 Å². The molecule has 1 amide bonds. The lowest BCUT2D eigenvalue weighted by molar-refractivity contribution is 0.0692. The molecule has 0 aliphatic carbocycles. The van der Waals surface area contributed by atoms with Crippen molar-refractivity contribution < 1.29 is 9.90 Å². The third-order valence-corrected chi connectivity index (χ3v) is 3.21. The summed E-state index contributed by atoms with van der Waals surface area (Å²) in [7, 11) is 0. The van der Waals surface area contributed by atoms with Crippen molar-refractivity contribution in [2.75, 3.05) is 13.2 Å². The Morgan fingerprint density at radius 1 is 1.43 bits per heavy atom. The van der Waals surface area contributed by atoms with Crippen molar-refractivity contribution in [3.8, 4) is 5.82 Å². The Morgan fingerprint density at radius 3 is 2.76 bits per heavy atom. The molecule has 6 heteroatoms. The average Bonchev–Trinajstić information content (AvgIpc) is 3.01. The quantitative estimate of drug-likeness (QED) is 0.874. The van der Waals surface area contributed by atoms with Gasteiger partial charge >= 0.3 is 0 Å². The lowest BCUT2D eigenvalue weighted by Gasteiger charge is -2.26. The molecule has 2 aromatic rings. The number of pyridine rings is 1. The first-order chi connectivity index (χ1) is 10.1. The topological polar surface area (TPSA) is 71.2 Å². The van der Waals surface area contributed by atoms with E-state index in [-0.39, 0.29) is 18.6 Å². The van der Waals surface area contributed by atoms with Gasteiger partial charge < -0.3 is 10.0 Å². The Balaban J connectivity index is 2.14. The molecule has 0 saturated carbocycles. The monoisotopic (exact) mass is 288 g/mol. The summed E-state index contributed by atoms with van der Waals surface area (Å²) in [5.74, 6) is 0.652. The Bertz CT molecular complexity index is 564. The molecule has 2 aromatic heterocycles. The minimum Gasteiger partial charge on any atom is -0.396 e. The fourth-order valence-corrected chi connectivity index (χ4v) is 2.06. The number of hydrogen-bond acceptors (Lipinski definition) is 4. The van der Waals surface area contributed by atoms with Gasteiger partial charge in [-0.3, -0.25) is 9.36 Å². The van der Waals surface area contributed by atoms with Gasteiger partial charge in [-0.05, 0) is 32.4 Å². The van der Waals surface area contributed by atoms with Gasteiger partial charge in [0, 0.05) is 37.8 Å². The van der Waals surface area contributed by atoms with E-state index in [1.54, 1.807) is 46.5 Å². The molecular weight excluding hydrogens is 268 g/mol. The van der Waals surface area contributed by atoms with Crippen LogP contribution in [0.25, 0.3) is 5.82 Å². The number of nitrogens with zero attached hydrogens (tertiary/aromatic N) is 4. The molecule has 1 N–H and O–H groups in total. The van der Waals surface area contributed by atoms with Gasteiger partial charge in [0.15, 0.2) is 0 Å². The first-order valence-corrected chi connectivity index (χ1v) is 6.99. The van der Waals surface area contributed by atoms with E-state index < -0.39 is 0 Å². The molecule has 0 aliphatic rings. The van der Waals surface area contributed by atoms with Crippen LogP contribution in [0, 0.1) is 0 Å². The maximum atomic E-state index is 12.5. The van der Waals surface area contributed by atoms with Crippen LogP contribution in [0.5, 0.6) is 0 Å². The SMILES string of the molecule is CC(C)N(CCCO)C(=O)c1ccc(-n2ccnc2)nc1. The van der Waals surface area contributed by atoms with Crippen molar-refractivity contribution in [3.05, 3.63) is 42.6 Å². The zero-order chi connectivity index (χ0) is 15.2. The van der Waals surface area contributed by atoms with E-state index in [9.17, 15) is 4.79 Å². The molecule has 21 heavy (non-hydrogen) atoms. The second-order valence-electron chi connectivity index (χ2n) is 5.04. The van der Waals surface area contributed by atoms with Crippen molar-refractivity contribution in [3.63, 3.8) is 0 Å². The molecule has 0 unspecified atom stereocenters. The molecule has 112 valence electrons. The zero-order valence-electron chi connectivity index (χ0n) is 12.3. The molecule has 2 rings (SSSR count). The third-order valence-electron chi connectivity index (χ3n) is 3.21. The molecule has 0 radical (unpaired) electrons. The first kappa shape index (κ1) is 15.2. The van der Waals surface area contributed by atoms with Crippen LogP contribution in [-0.4, -0.2) is 49.6 Å². The summed E-state index contributed by atoms with van der Waals surface area (Å²) in [6, 6.07) is 3.63. The van der Waals surface area contributed by atoms with Crippen molar-refractivity contribution in [2.45, 2.75) is 26.3 Å². The summed E-state index contributed by atoms with van der Waals surface area (Å²) in [6.07, 6.45) is 7.28. The van der Waals surface area contributed by atoms with Crippen LogP contribution in [0.2, 0.25) is 0 Å². The normalized spacial score (nSPS) is 10.9. The summed E-state index contributed by atoms with van der Waals surface area (Å²) >= 11 is 0. The van der Waals surface area contributed by atoms with Crippen LogP contribution >= 0.6 is 0 Å². The van der Waals surface area contributed by atoms with Crippen LogP contribution in [0.15, 0.2) is 37.1 Å². The van der Waals surface area contributed by atoms with E-state index >= 15 is 0 Å². The van der Waals surface area contributed by atoms with Crippen LogP contribution in [0.1, 0.15) is 30.6 Å². The van der Waals surface area contributed by atoms with E-state index in [0.717, 1.165) is 5.82 Å². The van der Waals surface area contributed by atoms with Gasteiger partial charge in [0.25, 0.3) is 5.91 Å². The fraction of sp³-hybridized carbons (Fsp3) is 0.400. The number of carbonyl (C=O) groups is 1. The Morgan fingerprint density at radius 2 is 2.24 bits per heavy atom. The summed E-state index contributed by atoms with van der Waals surface area (Å²) in [6.45, 7) is 4.54. The smallest absolute Gasteiger partial charge is 0.255 e. The summed E-state index contributed by atoms with van der Waals surface area (Å²) < 4.78 is 1.78. The lowest BCUT2D eigenvalue weighted by Crippen LogP contribution is -2.38. The number of imidazole rings is 1. The van der Waals surface area contributed by atoms with Gasteiger partial charge in [0.2, 0.25) is 0 Å². The van der Waals surface area contributed by atoms with Gasteiger partial charge in [-0.1, -0.05) is 0 Å². The standard InChI is InChI=1S/C15H20N4O2/c1-12(2)19(7-3-9-20)15(21)13-4-5-14(17-10-13)18-8-6-16-11-18/h4-6,8,10-12,20H,3,7,9H2,1-2H3. The summed E-state index contributed by atoms with van der Waals surface area (Å²) in [4.78, 5) is 22.5. The molecule has 0 aromatic carbocycles. The average molecular weight is 288 g/mol.